The molecule has 0 aliphatic carbocycles. The maximum absolute atomic E-state index is 13.9. The molecule has 3 saturated heterocycles. The van der Waals surface area contributed by atoms with Crippen molar-refractivity contribution >= 4 is 29.2 Å². The van der Waals surface area contributed by atoms with Crippen molar-refractivity contribution in [3.05, 3.63) is 24.3 Å². The molecule has 2 N–H and O–H groups in total. The highest BCUT2D eigenvalue weighted by Crippen LogP contribution is 2.59. The zero-order chi connectivity index (χ0) is 26.2. The minimum absolute atomic E-state index is 0.101. The van der Waals surface area contributed by atoms with Gasteiger partial charge in [0, 0.05) is 24.5 Å². The van der Waals surface area contributed by atoms with Gasteiger partial charge in [0.25, 0.3) is 0 Å². The summed E-state index contributed by atoms with van der Waals surface area (Å²) in [5, 5.41) is 13.2. The Morgan fingerprint density at radius 3 is 2.44 bits per heavy atom. The van der Waals surface area contributed by atoms with Gasteiger partial charge in [0.05, 0.1) is 37.2 Å². The number of nitrogens with zero attached hydrogens (tertiary/aromatic N) is 2. The molecule has 0 saturated carbocycles. The van der Waals surface area contributed by atoms with Crippen molar-refractivity contribution in [1.29, 1.82) is 0 Å². The number of carbonyl (C=O) groups excluding carboxylic acids is 3. The van der Waals surface area contributed by atoms with Crippen molar-refractivity contribution in [3.8, 4) is 0 Å². The van der Waals surface area contributed by atoms with Crippen molar-refractivity contribution in [1.82, 2.24) is 4.90 Å². The zero-order valence-corrected chi connectivity index (χ0v) is 21.9. The summed E-state index contributed by atoms with van der Waals surface area (Å²) in [6.45, 7) is 11.4. The van der Waals surface area contributed by atoms with Gasteiger partial charge in [-0.3, -0.25) is 14.4 Å². The first-order chi connectivity index (χ1) is 17.2. The van der Waals surface area contributed by atoms with Crippen LogP contribution in [-0.4, -0.2) is 77.9 Å². The average Bonchev–Trinajstić information content (AvgIpc) is 3.49. The summed E-state index contributed by atoms with van der Waals surface area (Å²) >= 11 is 0. The Morgan fingerprint density at radius 2 is 1.89 bits per heavy atom. The van der Waals surface area contributed by atoms with Crippen LogP contribution in [0.4, 0.5) is 11.4 Å². The second-order valence-electron chi connectivity index (χ2n) is 10.3. The van der Waals surface area contributed by atoms with Crippen LogP contribution >= 0.6 is 0 Å². The third-order valence-corrected chi connectivity index (χ3v) is 8.12. The number of amides is 2. The molecule has 3 heterocycles. The van der Waals surface area contributed by atoms with E-state index in [1.807, 2.05) is 38.1 Å². The van der Waals surface area contributed by atoms with E-state index < -0.39 is 41.6 Å². The van der Waals surface area contributed by atoms with E-state index in [4.69, 9.17) is 9.47 Å². The molecular formula is C27H39N3O6. The lowest BCUT2D eigenvalue weighted by Crippen LogP contribution is -2.57. The highest BCUT2D eigenvalue weighted by Gasteiger charge is 2.75. The molecule has 0 aromatic heterocycles. The summed E-state index contributed by atoms with van der Waals surface area (Å²) in [5.41, 5.74) is 0.555. The van der Waals surface area contributed by atoms with Crippen LogP contribution in [0.25, 0.3) is 0 Å². The minimum atomic E-state index is -1.12. The maximum atomic E-state index is 13.9. The van der Waals surface area contributed by atoms with Crippen molar-refractivity contribution in [2.45, 2.75) is 71.2 Å². The van der Waals surface area contributed by atoms with Gasteiger partial charge in [0.2, 0.25) is 11.8 Å². The molecule has 3 fully saturated rings. The number of anilines is 2. The largest absolute Gasteiger partial charge is 0.466 e. The van der Waals surface area contributed by atoms with Gasteiger partial charge < -0.3 is 29.7 Å². The average molecular weight is 502 g/mol. The van der Waals surface area contributed by atoms with Gasteiger partial charge in [-0.2, -0.15) is 0 Å². The van der Waals surface area contributed by atoms with E-state index in [2.05, 4.69) is 24.1 Å². The number of hydrogen-bond acceptors (Lipinski definition) is 7. The number of aliphatic hydroxyl groups is 1. The van der Waals surface area contributed by atoms with Crippen molar-refractivity contribution in [2.75, 3.05) is 36.5 Å². The molecular weight excluding hydrogens is 462 g/mol. The fraction of sp³-hybridized carbons (Fsp3) is 0.667. The normalized spacial score (nSPS) is 29.4. The maximum Gasteiger partial charge on any atom is 0.312 e. The van der Waals surface area contributed by atoms with Gasteiger partial charge in [0.1, 0.15) is 11.6 Å². The molecule has 3 aliphatic heterocycles. The predicted octanol–water partition coefficient (Wildman–Crippen LogP) is 2.43. The van der Waals surface area contributed by atoms with Gasteiger partial charge in [-0.1, -0.05) is 13.8 Å². The topological polar surface area (TPSA) is 108 Å². The Kier molecular flexibility index (Phi) is 7.61. The number of esters is 1. The van der Waals surface area contributed by atoms with E-state index in [-0.39, 0.29) is 30.9 Å². The molecule has 36 heavy (non-hydrogen) atoms. The fourth-order valence-electron chi connectivity index (χ4n) is 6.43. The molecule has 9 heteroatoms. The van der Waals surface area contributed by atoms with Crippen LogP contribution in [0.15, 0.2) is 24.3 Å². The molecule has 1 aromatic carbocycles. The van der Waals surface area contributed by atoms with Crippen LogP contribution in [-0.2, 0) is 23.9 Å². The van der Waals surface area contributed by atoms with E-state index in [0.29, 0.717) is 18.5 Å². The number of carbonyl (C=O) groups is 3. The molecule has 2 bridgehead atoms. The minimum Gasteiger partial charge on any atom is -0.466 e. The Labute approximate surface area is 213 Å². The van der Waals surface area contributed by atoms with Crippen molar-refractivity contribution in [2.24, 2.45) is 17.8 Å². The van der Waals surface area contributed by atoms with Gasteiger partial charge in [-0.05, 0) is 63.8 Å². The number of nitrogens with one attached hydrogen (secondary N) is 1. The predicted molar refractivity (Wildman–Crippen MR) is 135 cm³/mol. The number of hydrogen-bond donors (Lipinski definition) is 2. The first kappa shape index (κ1) is 26.4. The number of likely N-dealkylation sites (tertiary alicyclic amines) is 1. The second-order valence-corrected chi connectivity index (χ2v) is 10.3. The Hall–Kier alpha value is -2.65. The van der Waals surface area contributed by atoms with Crippen molar-refractivity contribution in [3.63, 3.8) is 0 Å². The summed E-state index contributed by atoms with van der Waals surface area (Å²) in [6, 6.07) is 6.08. The van der Waals surface area contributed by atoms with Gasteiger partial charge in [0.15, 0.2) is 0 Å². The molecule has 198 valence electrons. The highest BCUT2D eigenvalue weighted by molar-refractivity contribution is 6.03. The van der Waals surface area contributed by atoms with E-state index in [0.717, 1.165) is 18.8 Å². The lowest BCUT2D eigenvalue weighted by Gasteiger charge is -2.38. The third kappa shape index (κ3) is 4.16. The highest BCUT2D eigenvalue weighted by atomic mass is 16.6. The molecule has 4 rings (SSSR count). The monoisotopic (exact) mass is 501 g/mol. The molecule has 6 atom stereocenters. The van der Waals surface area contributed by atoms with Gasteiger partial charge >= 0.3 is 5.97 Å². The number of fused-ring (bicyclic) bond motifs is 1. The summed E-state index contributed by atoms with van der Waals surface area (Å²) in [5.74, 6) is -2.79. The SMILES string of the molecule is CCOC(=O)[C@@H]1[C@H]2C(=O)N([C@@H](CO)C(C)C)[C@H](C(=O)Nc3ccc(N(CC)CC)cc3)[C@]23CC[C@H]1O3. The number of ether oxygens (including phenoxy) is 2. The molecule has 1 spiro atoms. The quantitative estimate of drug-likeness (QED) is 0.474. The molecule has 2 amide bonds. The zero-order valence-electron chi connectivity index (χ0n) is 21.9. The number of benzene rings is 1. The Bertz CT molecular complexity index is 978. The molecule has 0 unspecified atom stereocenters. The van der Waals surface area contributed by atoms with Crippen LogP contribution < -0.4 is 10.2 Å². The van der Waals surface area contributed by atoms with E-state index in [1.165, 1.54) is 4.90 Å². The smallest absolute Gasteiger partial charge is 0.312 e. The van der Waals surface area contributed by atoms with Crippen molar-refractivity contribution < 1.29 is 29.0 Å². The van der Waals surface area contributed by atoms with E-state index >= 15 is 0 Å². The van der Waals surface area contributed by atoms with E-state index in [9.17, 15) is 19.5 Å². The lowest BCUT2D eigenvalue weighted by molar-refractivity contribution is -0.155. The van der Waals surface area contributed by atoms with Crippen LogP contribution in [0.3, 0.4) is 0 Å². The second kappa shape index (κ2) is 10.4. The van der Waals surface area contributed by atoms with Gasteiger partial charge in [-0.15, -0.1) is 0 Å². The van der Waals surface area contributed by atoms with Crippen LogP contribution in [0.2, 0.25) is 0 Å². The molecule has 3 aliphatic rings. The summed E-state index contributed by atoms with van der Waals surface area (Å²) < 4.78 is 11.7. The summed E-state index contributed by atoms with van der Waals surface area (Å²) in [6.07, 6.45) is 0.625. The summed E-state index contributed by atoms with van der Waals surface area (Å²) in [4.78, 5) is 44.3. The first-order valence-corrected chi connectivity index (χ1v) is 13.2. The van der Waals surface area contributed by atoms with Crippen LogP contribution in [0.1, 0.15) is 47.5 Å². The third-order valence-electron chi connectivity index (χ3n) is 8.12. The molecule has 9 nitrogen and oxygen atoms in total. The summed E-state index contributed by atoms with van der Waals surface area (Å²) in [7, 11) is 0. The van der Waals surface area contributed by atoms with E-state index in [1.54, 1.807) is 6.92 Å². The van der Waals surface area contributed by atoms with Gasteiger partial charge in [-0.25, -0.2) is 0 Å². The number of aliphatic hydroxyl groups excluding tert-OH is 1. The first-order valence-electron chi connectivity index (χ1n) is 13.2. The lowest BCUT2D eigenvalue weighted by atomic mass is 9.70. The Balaban J connectivity index is 1.68. The molecule has 1 aromatic rings. The van der Waals surface area contributed by atoms with Crippen LogP contribution in [0.5, 0.6) is 0 Å². The fourth-order valence-corrected chi connectivity index (χ4v) is 6.43. The molecule has 0 radical (unpaired) electrons. The van der Waals surface area contributed by atoms with Crippen LogP contribution in [0, 0.1) is 17.8 Å². The number of rotatable bonds is 10. The standard InChI is InChI=1S/C27H39N3O6/c1-6-29(7-2)18-11-9-17(10-12-18)28-24(32)23-27-14-13-20(36-27)21(26(34)35-8-3)22(27)25(33)30(23)19(15-31)16(4)5/h9-12,16,19-23,31H,6-8,13-15H2,1-5H3,(H,28,32)/t19-,20+,21-,22-,23+,27-/m0/s1. The Morgan fingerprint density at radius 1 is 1.22 bits per heavy atom.